The number of aldehydes is 1. The number of rotatable bonds is 5. The predicted octanol–water partition coefficient (Wildman–Crippen LogP) is 3.40. The number of aryl methyl sites for hydroxylation is 1. The predicted molar refractivity (Wildman–Crippen MR) is 107 cm³/mol. The number of benzene rings is 1. The highest BCUT2D eigenvalue weighted by Crippen LogP contribution is 2.28. The van der Waals surface area contributed by atoms with Crippen molar-refractivity contribution in [2.24, 2.45) is 0 Å². The fourth-order valence-corrected chi connectivity index (χ4v) is 2.31. The van der Waals surface area contributed by atoms with Crippen LogP contribution in [0.5, 0.6) is 5.75 Å². The Morgan fingerprint density at radius 2 is 1.85 bits per heavy atom. The van der Waals surface area contributed by atoms with Gasteiger partial charge in [-0.15, -0.1) is 0 Å². The zero-order valence-corrected chi connectivity index (χ0v) is 17.3. The summed E-state index contributed by atoms with van der Waals surface area (Å²) in [5, 5.41) is 19.8. The van der Waals surface area contributed by atoms with E-state index < -0.39 is 18.5 Å². The van der Waals surface area contributed by atoms with Crippen LogP contribution in [-0.4, -0.2) is 49.2 Å². The first-order chi connectivity index (χ1) is 12.7. The number of aliphatic hydroxyl groups is 2. The van der Waals surface area contributed by atoms with Crippen molar-refractivity contribution >= 4 is 12.0 Å². The zero-order chi connectivity index (χ0) is 20.5. The summed E-state index contributed by atoms with van der Waals surface area (Å²) in [5.41, 5.74) is 2.01. The number of hydrogen-bond donors (Lipinski definition) is 3. The van der Waals surface area contributed by atoms with Crippen molar-refractivity contribution in [3.05, 3.63) is 23.8 Å². The second-order valence-corrected chi connectivity index (χ2v) is 4.91. The van der Waals surface area contributed by atoms with Gasteiger partial charge in [-0.05, 0) is 18.1 Å². The Hall–Kier alpha value is -1.63. The molecule has 6 nitrogen and oxygen atoms in total. The van der Waals surface area contributed by atoms with Crippen molar-refractivity contribution in [3.63, 3.8) is 0 Å². The molecule has 3 unspecified atom stereocenters. The van der Waals surface area contributed by atoms with Crippen LogP contribution < -0.4 is 10.1 Å². The van der Waals surface area contributed by atoms with E-state index >= 15 is 0 Å². The summed E-state index contributed by atoms with van der Waals surface area (Å²) in [6.45, 7) is 10.0. The molecule has 0 aliphatic carbocycles. The first-order valence-electron chi connectivity index (χ1n) is 9.37. The maximum absolute atomic E-state index is 10.8. The van der Waals surface area contributed by atoms with Crippen molar-refractivity contribution in [1.82, 2.24) is 0 Å². The van der Waals surface area contributed by atoms with Crippen LogP contribution in [0.3, 0.4) is 0 Å². The molecule has 1 aliphatic heterocycles. The molecule has 3 atom stereocenters. The van der Waals surface area contributed by atoms with Gasteiger partial charge in [0.2, 0.25) is 6.29 Å². The molecule has 6 heteroatoms. The molecule has 0 saturated carbocycles. The molecule has 26 heavy (non-hydrogen) atoms. The zero-order valence-electron chi connectivity index (χ0n) is 17.3. The van der Waals surface area contributed by atoms with E-state index in [2.05, 4.69) is 5.32 Å². The Bertz CT molecular complexity index is 468. The number of nitrogens with one attached hydrogen (secondary N) is 1. The van der Waals surface area contributed by atoms with E-state index in [9.17, 15) is 9.90 Å². The van der Waals surface area contributed by atoms with Gasteiger partial charge in [0.05, 0.1) is 6.10 Å². The lowest BCUT2D eigenvalue weighted by atomic mass is 10.1. The van der Waals surface area contributed by atoms with E-state index in [0.717, 1.165) is 30.5 Å². The van der Waals surface area contributed by atoms with Gasteiger partial charge in [-0.3, -0.25) is 0 Å². The van der Waals surface area contributed by atoms with Crippen LogP contribution >= 0.6 is 0 Å². The molecule has 152 valence electrons. The molecule has 0 bridgehead atoms. The van der Waals surface area contributed by atoms with Crippen molar-refractivity contribution in [1.29, 1.82) is 0 Å². The van der Waals surface area contributed by atoms with Gasteiger partial charge in [0, 0.05) is 38.8 Å². The molecule has 0 spiro atoms. The van der Waals surface area contributed by atoms with E-state index in [4.69, 9.17) is 14.6 Å². The third-order valence-electron chi connectivity index (χ3n) is 3.44. The fourth-order valence-electron chi connectivity index (χ4n) is 2.31. The van der Waals surface area contributed by atoms with Crippen LogP contribution in [0.1, 0.15) is 53.0 Å². The number of ether oxygens (including phenoxy) is 2. The second kappa shape index (κ2) is 16.8. The number of carbonyl (C=O) groups is 1. The summed E-state index contributed by atoms with van der Waals surface area (Å²) in [5.74, 6) is 0.725. The molecule has 1 heterocycles. The highest BCUT2D eigenvalue weighted by atomic mass is 16.7. The molecule has 0 aromatic heterocycles. The molecule has 1 saturated heterocycles. The van der Waals surface area contributed by atoms with Crippen LogP contribution in [0.15, 0.2) is 18.2 Å². The number of aliphatic hydroxyl groups excluding tert-OH is 2. The first kappa shape index (κ1) is 26.6. The van der Waals surface area contributed by atoms with Crippen LogP contribution in [-0.2, 0) is 16.0 Å². The van der Waals surface area contributed by atoms with Crippen LogP contribution in [0.4, 0.5) is 5.69 Å². The van der Waals surface area contributed by atoms with Gasteiger partial charge in [-0.1, -0.05) is 40.7 Å². The van der Waals surface area contributed by atoms with Crippen LogP contribution in [0.25, 0.3) is 0 Å². The van der Waals surface area contributed by atoms with Crippen LogP contribution in [0, 0.1) is 0 Å². The Morgan fingerprint density at radius 1 is 1.23 bits per heavy atom. The molecule has 0 amide bonds. The van der Waals surface area contributed by atoms with Crippen molar-refractivity contribution < 1.29 is 24.5 Å². The van der Waals surface area contributed by atoms with Gasteiger partial charge in [0.25, 0.3) is 0 Å². The van der Waals surface area contributed by atoms with E-state index in [1.54, 1.807) is 0 Å². The Kier molecular flexibility index (Phi) is 17.2. The maximum atomic E-state index is 10.8. The van der Waals surface area contributed by atoms with Gasteiger partial charge in [0.1, 0.15) is 18.1 Å². The maximum Gasteiger partial charge on any atom is 0.203 e. The summed E-state index contributed by atoms with van der Waals surface area (Å²) < 4.78 is 11.4. The SMILES string of the molecule is CC.CC.CCc1ccc(NC)cc1OC1CC(O)CC(C=O)O1.CO. The van der Waals surface area contributed by atoms with Gasteiger partial charge in [-0.2, -0.15) is 0 Å². The molecule has 2 rings (SSSR count). The highest BCUT2D eigenvalue weighted by molar-refractivity contribution is 5.56. The Labute approximate surface area is 158 Å². The molecular weight excluding hydrogens is 334 g/mol. The summed E-state index contributed by atoms with van der Waals surface area (Å²) in [6, 6.07) is 5.88. The molecule has 1 fully saturated rings. The normalized spacial score (nSPS) is 20.7. The standard InChI is InChI=1S/C15H21NO4.2C2H6.CH4O/c1-3-10-4-5-11(16-2)6-14(10)20-15-8-12(18)7-13(9-17)19-15;3*1-2/h4-6,9,12-13,15-16,18H,3,7-8H2,1-2H3;2*1-2H3;2H,1H3. The molecule has 3 N–H and O–H groups in total. The summed E-state index contributed by atoms with van der Waals surface area (Å²) in [4.78, 5) is 10.8. The van der Waals surface area contributed by atoms with E-state index in [1.807, 2.05) is 59.9 Å². The molecule has 1 aliphatic rings. The number of anilines is 1. The lowest BCUT2D eigenvalue weighted by Crippen LogP contribution is -2.39. The van der Waals surface area contributed by atoms with Gasteiger partial charge >= 0.3 is 0 Å². The highest BCUT2D eigenvalue weighted by Gasteiger charge is 2.29. The molecule has 1 aromatic rings. The third-order valence-corrected chi connectivity index (χ3v) is 3.44. The minimum atomic E-state index is -0.596. The van der Waals surface area contributed by atoms with E-state index in [-0.39, 0.29) is 0 Å². The lowest BCUT2D eigenvalue weighted by molar-refractivity contribution is -0.176. The van der Waals surface area contributed by atoms with Gasteiger partial charge in [0.15, 0.2) is 0 Å². The summed E-state index contributed by atoms with van der Waals surface area (Å²) in [6.07, 6.45) is 0.502. The number of carbonyl (C=O) groups excluding carboxylic acids is 1. The summed E-state index contributed by atoms with van der Waals surface area (Å²) >= 11 is 0. The smallest absolute Gasteiger partial charge is 0.203 e. The lowest BCUT2D eigenvalue weighted by Gasteiger charge is -2.31. The minimum absolute atomic E-state index is 0.334. The van der Waals surface area contributed by atoms with Gasteiger partial charge < -0.3 is 29.8 Å². The first-order valence-corrected chi connectivity index (χ1v) is 9.37. The topological polar surface area (TPSA) is 88.0 Å². The monoisotopic (exact) mass is 371 g/mol. The molecular formula is C20H37NO5. The largest absolute Gasteiger partial charge is 0.464 e. The fraction of sp³-hybridized carbons (Fsp3) is 0.650. The van der Waals surface area contributed by atoms with Crippen molar-refractivity contribution in [2.45, 2.75) is 72.4 Å². The van der Waals surface area contributed by atoms with Gasteiger partial charge in [-0.25, -0.2) is 0 Å². The van der Waals surface area contributed by atoms with Crippen molar-refractivity contribution in [3.8, 4) is 5.75 Å². The van der Waals surface area contributed by atoms with Crippen molar-refractivity contribution in [2.75, 3.05) is 19.5 Å². The van der Waals surface area contributed by atoms with Crippen LogP contribution in [0.2, 0.25) is 0 Å². The van der Waals surface area contributed by atoms with E-state index in [1.165, 1.54) is 0 Å². The average molecular weight is 372 g/mol. The number of hydrogen-bond acceptors (Lipinski definition) is 6. The molecule has 1 aromatic carbocycles. The third kappa shape index (κ3) is 9.17. The Morgan fingerprint density at radius 3 is 2.35 bits per heavy atom. The summed E-state index contributed by atoms with van der Waals surface area (Å²) in [7, 11) is 2.84. The quantitative estimate of drug-likeness (QED) is 0.688. The minimum Gasteiger partial charge on any atom is -0.464 e. The second-order valence-electron chi connectivity index (χ2n) is 4.91. The molecule has 0 radical (unpaired) electrons. The Balaban J connectivity index is 0. The van der Waals surface area contributed by atoms with E-state index in [0.29, 0.717) is 19.1 Å². The average Bonchev–Trinajstić information content (AvgIpc) is 2.72.